The summed E-state index contributed by atoms with van der Waals surface area (Å²) in [7, 11) is 0. The first kappa shape index (κ1) is 14.8. The molecule has 3 heterocycles. The Balaban J connectivity index is 1.57. The van der Waals surface area contributed by atoms with E-state index in [2.05, 4.69) is 4.98 Å². The fourth-order valence-electron chi connectivity index (χ4n) is 2.69. The van der Waals surface area contributed by atoms with E-state index in [9.17, 15) is 9.59 Å². The highest BCUT2D eigenvalue weighted by molar-refractivity contribution is 7.08. The molecule has 0 bridgehead atoms. The van der Waals surface area contributed by atoms with E-state index in [0.717, 1.165) is 18.5 Å². The Hall–Kier alpha value is -2.08. The van der Waals surface area contributed by atoms with Crippen molar-refractivity contribution in [1.29, 1.82) is 0 Å². The Bertz CT molecular complexity index is 622. The van der Waals surface area contributed by atoms with Gasteiger partial charge in [-0.15, -0.1) is 0 Å². The number of carbonyl (C=O) groups excluding carboxylic acids is 2. The van der Waals surface area contributed by atoms with Gasteiger partial charge in [-0.2, -0.15) is 11.3 Å². The van der Waals surface area contributed by atoms with Crippen LogP contribution in [0.3, 0.4) is 0 Å². The number of H-pyrrole nitrogens is 1. The standard InChI is InChI=1S/C16H19N3O2S/c20-15(10-13-3-9-22-12-13)18-5-1-6-19(8-7-18)16(21)14-2-4-17-11-14/h2-4,9,11-12,17H,1,5-8,10H2. The average molecular weight is 317 g/mol. The molecule has 2 aromatic heterocycles. The molecule has 1 saturated heterocycles. The number of thiophene rings is 1. The van der Waals surface area contributed by atoms with Gasteiger partial charge >= 0.3 is 0 Å². The molecule has 1 aliphatic rings. The van der Waals surface area contributed by atoms with Crippen molar-refractivity contribution in [2.75, 3.05) is 26.2 Å². The fraction of sp³-hybridized carbons (Fsp3) is 0.375. The summed E-state index contributed by atoms with van der Waals surface area (Å²) in [5.74, 6) is 0.183. The fourth-order valence-corrected chi connectivity index (χ4v) is 3.36. The molecule has 0 unspecified atom stereocenters. The van der Waals surface area contributed by atoms with Crippen molar-refractivity contribution in [2.24, 2.45) is 0 Å². The average Bonchev–Trinajstić information content (AvgIpc) is 3.16. The summed E-state index contributed by atoms with van der Waals surface area (Å²) in [4.78, 5) is 31.3. The summed E-state index contributed by atoms with van der Waals surface area (Å²) in [6, 6.07) is 3.77. The predicted molar refractivity (Wildman–Crippen MR) is 85.9 cm³/mol. The molecule has 0 spiro atoms. The first-order chi connectivity index (χ1) is 10.7. The smallest absolute Gasteiger partial charge is 0.255 e. The van der Waals surface area contributed by atoms with Gasteiger partial charge in [0.05, 0.1) is 12.0 Å². The first-order valence-corrected chi connectivity index (χ1v) is 8.39. The third kappa shape index (κ3) is 3.39. The molecule has 0 radical (unpaired) electrons. The molecule has 5 nitrogen and oxygen atoms in total. The number of amides is 2. The molecule has 0 aliphatic carbocycles. The number of aromatic amines is 1. The zero-order chi connectivity index (χ0) is 15.4. The van der Waals surface area contributed by atoms with E-state index in [1.165, 1.54) is 0 Å². The summed E-state index contributed by atoms with van der Waals surface area (Å²) < 4.78 is 0. The van der Waals surface area contributed by atoms with E-state index < -0.39 is 0 Å². The van der Waals surface area contributed by atoms with Crippen LogP contribution in [0.5, 0.6) is 0 Å². The maximum absolute atomic E-state index is 12.4. The van der Waals surface area contributed by atoms with E-state index in [0.29, 0.717) is 31.6 Å². The van der Waals surface area contributed by atoms with Crippen LogP contribution >= 0.6 is 11.3 Å². The van der Waals surface area contributed by atoms with E-state index in [1.54, 1.807) is 29.8 Å². The van der Waals surface area contributed by atoms with Crippen LogP contribution in [-0.4, -0.2) is 52.8 Å². The maximum atomic E-state index is 12.4. The Morgan fingerprint density at radius 1 is 1.14 bits per heavy atom. The highest BCUT2D eigenvalue weighted by Crippen LogP contribution is 2.12. The third-order valence-corrected chi connectivity index (χ3v) is 4.65. The minimum absolute atomic E-state index is 0.0355. The molecule has 2 aromatic rings. The lowest BCUT2D eigenvalue weighted by Crippen LogP contribution is -2.37. The molecular weight excluding hydrogens is 298 g/mol. The van der Waals surface area contributed by atoms with Crippen molar-refractivity contribution in [3.05, 3.63) is 46.4 Å². The van der Waals surface area contributed by atoms with Crippen LogP contribution in [0, 0.1) is 0 Å². The second-order valence-electron chi connectivity index (χ2n) is 5.43. The first-order valence-electron chi connectivity index (χ1n) is 7.45. The van der Waals surface area contributed by atoms with Crippen LogP contribution in [0.2, 0.25) is 0 Å². The zero-order valence-corrected chi connectivity index (χ0v) is 13.1. The summed E-state index contributed by atoms with van der Waals surface area (Å²) in [6.45, 7) is 2.63. The van der Waals surface area contributed by atoms with Gasteiger partial charge in [0.25, 0.3) is 5.91 Å². The topological polar surface area (TPSA) is 56.4 Å². The number of rotatable bonds is 3. The van der Waals surface area contributed by atoms with E-state index in [4.69, 9.17) is 0 Å². The van der Waals surface area contributed by atoms with Crippen LogP contribution in [0.1, 0.15) is 22.3 Å². The van der Waals surface area contributed by atoms with Gasteiger partial charge in [0.15, 0.2) is 0 Å². The van der Waals surface area contributed by atoms with Crippen molar-refractivity contribution in [3.63, 3.8) is 0 Å². The molecule has 1 fully saturated rings. The Labute approximate surface area is 133 Å². The van der Waals surface area contributed by atoms with Gasteiger partial charge in [-0.3, -0.25) is 9.59 Å². The number of nitrogens with one attached hydrogen (secondary N) is 1. The lowest BCUT2D eigenvalue weighted by atomic mass is 10.2. The highest BCUT2D eigenvalue weighted by atomic mass is 32.1. The third-order valence-electron chi connectivity index (χ3n) is 3.92. The number of aromatic nitrogens is 1. The number of hydrogen-bond donors (Lipinski definition) is 1. The van der Waals surface area contributed by atoms with E-state index in [1.807, 2.05) is 26.6 Å². The minimum Gasteiger partial charge on any atom is -0.367 e. The Morgan fingerprint density at radius 2 is 1.95 bits per heavy atom. The molecular formula is C16H19N3O2S. The molecule has 22 heavy (non-hydrogen) atoms. The van der Waals surface area contributed by atoms with Crippen molar-refractivity contribution in [1.82, 2.24) is 14.8 Å². The van der Waals surface area contributed by atoms with Crippen LogP contribution in [0.25, 0.3) is 0 Å². The summed E-state index contributed by atoms with van der Waals surface area (Å²) >= 11 is 1.61. The van der Waals surface area contributed by atoms with Gasteiger partial charge in [-0.1, -0.05) is 0 Å². The van der Waals surface area contributed by atoms with Crippen LogP contribution in [0.15, 0.2) is 35.3 Å². The monoisotopic (exact) mass is 317 g/mol. The quantitative estimate of drug-likeness (QED) is 0.941. The van der Waals surface area contributed by atoms with Crippen LogP contribution < -0.4 is 0 Å². The number of nitrogens with zero attached hydrogens (tertiary/aromatic N) is 2. The minimum atomic E-state index is 0.0355. The zero-order valence-electron chi connectivity index (χ0n) is 12.3. The van der Waals surface area contributed by atoms with Gasteiger partial charge in [-0.25, -0.2) is 0 Å². The lowest BCUT2D eigenvalue weighted by Gasteiger charge is -2.22. The van der Waals surface area contributed by atoms with Gasteiger partial charge in [-0.05, 0) is 34.9 Å². The Morgan fingerprint density at radius 3 is 2.68 bits per heavy atom. The largest absolute Gasteiger partial charge is 0.367 e. The maximum Gasteiger partial charge on any atom is 0.255 e. The van der Waals surface area contributed by atoms with E-state index >= 15 is 0 Å². The Kier molecular flexibility index (Phi) is 4.58. The van der Waals surface area contributed by atoms with Gasteiger partial charge < -0.3 is 14.8 Å². The molecule has 1 aliphatic heterocycles. The summed E-state index contributed by atoms with van der Waals surface area (Å²) in [6.07, 6.45) is 4.75. The second-order valence-corrected chi connectivity index (χ2v) is 6.21. The molecule has 0 saturated carbocycles. The highest BCUT2D eigenvalue weighted by Gasteiger charge is 2.23. The summed E-state index contributed by atoms with van der Waals surface area (Å²) in [5.41, 5.74) is 1.75. The van der Waals surface area contributed by atoms with Crippen molar-refractivity contribution in [3.8, 4) is 0 Å². The SMILES string of the molecule is O=C(Cc1ccsc1)N1CCCN(C(=O)c2cc[nH]c2)CC1. The second kappa shape index (κ2) is 6.79. The van der Waals surface area contributed by atoms with Crippen molar-refractivity contribution in [2.45, 2.75) is 12.8 Å². The molecule has 2 amide bonds. The predicted octanol–water partition coefficient (Wildman–Crippen LogP) is 1.99. The molecule has 6 heteroatoms. The van der Waals surface area contributed by atoms with Gasteiger partial charge in [0.1, 0.15) is 0 Å². The number of hydrogen-bond acceptors (Lipinski definition) is 3. The van der Waals surface area contributed by atoms with Crippen molar-refractivity contribution >= 4 is 23.2 Å². The van der Waals surface area contributed by atoms with Crippen LogP contribution in [-0.2, 0) is 11.2 Å². The molecule has 0 aromatic carbocycles. The molecule has 0 atom stereocenters. The number of carbonyl (C=O) groups is 2. The van der Waals surface area contributed by atoms with Gasteiger partial charge in [0.2, 0.25) is 5.91 Å². The van der Waals surface area contributed by atoms with Crippen molar-refractivity contribution < 1.29 is 9.59 Å². The molecule has 3 rings (SSSR count). The van der Waals surface area contributed by atoms with Crippen LogP contribution in [0.4, 0.5) is 0 Å². The van der Waals surface area contributed by atoms with E-state index in [-0.39, 0.29) is 11.8 Å². The normalized spacial score (nSPS) is 15.6. The molecule has 1 N–H and O–H groups in total. The molecule has 116 valence electrons. The lowest BCUT2D eigenvalue weighted by molar-refractivity contribution is -0.130. The summed E-state index contributed by atoms with van der Waals surface area (Å²) in [5, 5.41) is 4.00. The van der Waals surface area contributed by atoms with Gasteiger partial charge in [0, 0.05) is 38.6 Å².